The van der Waals surface area contributed by atoms with Crippen molar-refractivity contribution in [3.63, 3.8) is 0 Å². The molecule has 2 heterocycles. The zero-order valence-corrected chi connectivity index (χ0v) is 16.3. The van der Waals surface area contributed by atoms with E-state index in [0.717, 1.165) is 22.0 Å². The van der Waals surface area contributed by atoms with Crippen molar-refractivity contribution < 1.29 is 13.9 Å². The number of ether oxygens (including phenoxy) is 1. The first kappa shape index (κ1) is 18.4. The lowest BCUT2D eigenvalue weighted by molar-refractivity contribution is 0.0742. The van der Waals surface area contributed by atoms with Crippen LogP contribution in [0.5, 0.6) is 5.75 Å². The third kappa shape index (κ3) is 3.84. The molecule has 5 nitrogen and oxygen atoms in total. The molecular formula is C21H20FN3O2S. The minimum absolute atomic E-state index is 0.0465. The van der Waals surface area contributed by atoms with Crippen molar-refractivity contribution >= 4 is 22.9 Å². The van der Waals surface area contributed by atoms with E-state index in [0.29, 0.717) is 31.9 Å². The molecule has 0 atom stereocenters. The molecule has 0 N–H and O–H groups in total. The number of methoxy groups -OCH3 is 1. The molecule has 4 rings (SSSR count). The van der Waals surface area contributed by atoms with Gasteiger partial charge >= 0.3 is 0 Å². The van der Waals surface area contributed by atoms with E-state index in [1.165, 1.54) is 23.5 Å². The molecule has 2 aromatic carbocycles. The molecule has 0 spiro atoms. The molecule has 1 aliphatic rings. The van der Waals surface area contributed by atoms with Gasteiger partial charge in [0.25, 0.3) is 5.91 Å². The number of hydrogen-bond acceptors (Lipinski definition) is 5. The first-order chi connectivity index (χ1) is 13.6. The minimum Gasteiger partial charge on any atom is -0.497 e. The van der Waals surface area contributed by atoms with Crippen LogP contribution in [0.2, 0.25) is 0 Å². The monoisotopic (exact) mass is 397 g/mol. The molecule has 1 amide bonds. The van der Waals surface area contributed by atoms with Crippen LogP contribution in [0.4, 0.5) is 10.1 Å². The molecule has 3 aromatic rings. The number of halogens is 1. The highest BCUT2D eigenvalue weighted by Crippen LogP contribution is 2.26. The number of carbonyl (C=O) groups excluding carboxylic acids is 1. The van der Waals surface area contributed by atoms with Gasteiger partial charge in [0.2, 0.25) is 0 Å². The second-order valence-corrected chi connectivity index (χ2v) is 7.38. The van der Waals surface area contributed by atoms with E-state index >= 15 is 0 Å². The third-order valence-electron chi connectivity index (χ3n) is 4.82. The molecule has 0 bridgehead atoms. The summed E-state index contributed by atoms with van der Waals surface area (Å²) in [4.78, 5) is 21.3. The van der Waals surface area contributed by atoms with Crippen molar-refractivity contribution in [3.05, 3.63) is 65.4 Å². The predicted octanol–water partition coefficient (Wildman–Crippen LogP) is 3.92. The lowest BCUT2D eigenvalue weighted by atomic mass is 10.2. The zero-order valence-electron chi connectivity index (χ0n) is 15.5. The van der Waals surface area contributed by atoms with Crippen LogP contribution in [0.3, 0.4) is 0 Å². The summed E-state index contributed by atoms with van der Waals surface area (Å²) >= 11 is 1.46. The van der Waals surface area contributed by atoms with Gasteiger partial charge < -0.3 is 14.5 Å². The molecule has 144 valence electrons. The molecule has 7 heteroatoms. The van der Waals surface area contributed by atoms with Gasteiger partial charge in [0, 0.05) is 42.8 Å². The lowest BCUT2D eigenvalue weighted by Gasteiger charge is -2.35. The Morgan fingerprint density at radius 1 is 1.04 bits per heavy atom. The van der Waals surface area contributed by atoms with E-state index in [2.05, 4.69) is 9.88 Å². The topological polar surface area (TPSA) is 45.7 Å². The number of carbonyl (C=O) groups is 1. The maximum atomic E-state index is 13.1. The maximum absolute atomic E-state index is 13.1. The predicted molar refractivity (Wildman–Crippen MR) is 109 cm³/mol. The SMILES string of the molecule is COc1ccc(-c2nc(C(=O)N3CCN(c4ccc(F)cc4)CC3)cs2)cc1. The Kier molecular flexibility index (Phi) is 5.25. The Labute approximate surface area is 167 Å². The Morgan fingerprint density at radius 3 is 2.36 bits per heavy atom. The van der Waals surface area contributed by atoms with Crippen LogP contribution in [0.15, 0.2) is 53.9 Å². The van der Waals surface area contributed by atoms with Crippen LogP contribution in [0.1, 0.15) is 10.5 Å². The fraction of sp³-hybridized carbons (Fsp3) is 0.238. The first-order valence-corrected chi connectivity index (χ1v) is 9.92. The van der Waals surface area contributed by atoms with E-state index in [-0.39, 0.29) is 11.7 Å². The summed E-state index contributed by atoms with van der Waals surface area (Å²) < 4.78 is 18.3. The van der Waals surface area contributed by atoms with Crippen molar-refractivity contribution in [2.75, 3.05) is 38.2 Å². The highest BCUT2D eigenvalue weighted by atomic mass is 32.1. The number of nitrogens with zero attached hydrogens (tertiary/aromatic N) is 3. The molecule has 0 unspecified atom stereocenters. The molecule has 1 aromatic heterocycles. The van der Waals surface area contributed by atoms with Gasteiger partial charge in [-0.3, -0.25) is 4.79 Å². The van der Waals surface area contributed by atoms with Crippen LogP contribution >= 0.6 is 11.3 Å². The zero-order chi connectivity index (χ0) is 19.5. The van der Waals surface area contributed by atoms with Crippen LogP contribution in [0, 0.1) is 5.82 Å². The minimum atomic E-state index is -0.242. The number of rotatable bonds is 4. The summed E-state index contributed by atoms with van der Waals surface area (Å²) in [6, 6.07) is 14.1. The number of hydrogen-bond donors (Lipinski definition) is 0. The number of benzene rings is 2. The summed E-state index contributed by atoms with van der Waals surface area (Å²) in [5, 5.41) is 2.63. The average molecular weight is 397 g/mol. The van der Waals surface area contributed by atoms with E-state index in [4.69, 9.17) is 4.74 Å². The summed E-state index contributed by atoms with van der Waals surface area (Å²) in [7, 11) is 1.63. The van der Waals surface area contributed by atoms with Crippen molar-refractivity contribution in [2.24, 2.45) is 0 Å². The summed E-state index contributed by atoms with van der Waals surface area (Å²) in [6.07, 6.45) is 0. The molecule has 1 saturated heterocycles. The van der Waals surface area contributed by atoms with Crippen molar-refractivity contribution in [1.29, 1.82) is 0 Å². The third-order valence-corrected chi connectivity index (χ3v) is 5.71. The lowest BCUT2D eigenvalue weighted by Crippen LogP contribution is -2.48. The van der Waals surface area contributed by atoms with Crippen LogP contribution < -0.4 is 9.64 Å². The van der Waals surface area contributed by atoms with Crippen LogP contribution in [-0.2, 0) is 0 Å². The van der Waals surface area contributed by atoms with Gasteiger partial charge in [-0.1, -0.05) is 0 Å². The van der Waals surface area contributed by atoms with Gasteiger partial charge in [-0.2, -0.15) is 0 Å². The van der Waals surface area contributed by atoms with E-state index in [1.54, 1.807) is 19.2 Å². The normalized spacial score (nSPS) is 14.2. The summed E-state index contributed by atoms with van der Waals surface area (Å²) in [5.41, 5.74) is 2.42. The quantitative estimate of drug-likeness (QED) is 0.669. The van der Waals surface area contributed by atoms with E-state index < -0.39 is 0 Å². The van der Waals surface area contributed by atoms with Crippen LogP contribution in [-0.4, -0.2) is 49.1 Å². The Morgan fingerprint density at radius 2 is 1.71 bits per heavy atom. The summed E-state index contributed by atoms with van der Waals surface area (Å²) in [5.74, 6) is 0.499. The fourth-order valence-electron chi connectivity index (χ4n) is 3.22. The Hall–Kier alpha value is -2.93. The number of piperazine rings is 1. The van der Waals surface area contributed by atoms with Crippen molar-refractivity contribution in [3.8, 4) is 16.3 Å². The number of anilines is 1. The average Bonchev–Trinajstić information content (AvgIpc) is 3.24. The van der Waals surface area contributed by atoms with Gasteiger partial charge in [-0.15, -0.1) is 11.3 Å². The Balaban J connectivity index is 1.40. The molecular weight excluding hydrogens is 377 g/mol. The number of thiazole rings is 1. The molecule has 0 aliphatic carbocycles. The molecule has 1 aliphatic heterocycles. The van der Waals surface area contributed by atoms with E-state index in [9.17, 15) is 9.18 Å². The van der Waals surface area contributed by atoms with Gasteiger partial charge in [0.05, 0.1) is 7.11 Å². The van der Waals surface area contributed by atoms with Gasteiger partial charge in [0.15, 0.2) is 0 Å². The second kappa shape index (κ2) is 7.98. The number of amides is 1. The van der Waals surface area contributed by atoms with Crippen molar-refractivity contribution in [1.82, 2.24) is 9.88 Å². The first-order valence-electron chi connectivity index (χ1n) is 9.04. The maximum Gasteiger partial charge on any atom is 0.273 e. The fourth-order valence-corrected chi connectivity index (χ4v) is 4.02. The molecule has 1 fully saturated rings. The highest BCUT2D eigenvalue weighted by Gasteiger charge is 2.24. The standard InChI is InChI=1S/C21H20FN3O2S/c1-27-18-8-2-15(3-9-18)20-23-19(14-28-20)21(26)25-12-10-24(11-13-25)17-6-4-16(22)5-7-17/h2-9,14H,10-13H2,1H3. The summed E-state index contributed by atoms with van der Waals surface area (Å²) in [6.45, 7) is 2.66. The van der Waals surface area contributed by atoms with Crippen LogP contribution in [0.25, 0.3) is 10.6 Å². The molecule has 0 radical (unpaired) electrons. The molecule has 28 heavy (non-hydrogen) atoms. The van der Waals surface area contributed by atoms with Gasteiger partial charge in [-0.25, -0.2) is 9.37 Å². The Bertz CT molecular complexity index is 949. The highest BCUT2D eigenvalue weighted by molar-refractivity contribution is 7.13. The van der Waals surface area contributed by atoms with Gasteiger partial charge in [-0.05, 0) is 48.5 Å². The van der Waals surface area contributed by atoms with E-state index in [1.807, 2.05) is 34.5 Å². The van der Waals surface area contributed by atoms with Crippen molar-refractivity contribution in [2.45, 2.75) is 0 Å². The molecule has 0 saturated carbocycles. The van der Waals surface area contributed by atoms with Gasteiger partial charge in [0.1, 0.15) is 22.3 Å². The smallest absolute Gasteiger partial charge is 0.273 e. The number of aromatic nitrogens is 1. The second-order valence-electron chi connectivity index (χ2n) is 6.52. The largest absolute Gasteiger partial charge is 0.497 e.